The fourth-order valence-corrected chi connectivity index (χ4v) is 4.13. The largest absolute Gasteiger partial charge is 0.431 e. The molecule has 0 saturated carbocycles. The van der Waals surface area contributed by atoms with E-state index in [1.54, 1.807) is 11.3 Å². The number of para-hydroxylation sites is 2. The molecule has 0 spiro atoms. The summed E-state index contributed by atoms with van der Waals surface area (Å²) in [4.78, 5) is 6.80. The molecule has 0 unspecified atom stereocenters. The van der Waals surface area contributed by atoms with Gasteiger partial charge in [0.05, 0.1) is 10.6 Å². The number of thioether (sulfide) groups is 1. The molecule has 3 heterocycles. The number of oxazole rings is 1. The molecule has 0 atom stereocenters. The molecular weight excluding hydrogens is 342 g/mol. The third kappa shape index (κ3) is 2.97. The van der Waals surface area contributed by atoms with Gasteiger partial charge in [-0.25, -0.2) is 4.98 Å². The van der Waals surface area contributed by atoms with E-state index >= 15 is 0 Å². The maximum absolute atomic E-state index is 5.78. The summed E-state index contributed by atoms with van der Waals surface area (Å²) in [6.07, 6.45) is 1.02. The van der Waals surface area contributed by atoms with Crippen molar-refractivity contribution in [3.63, 3.8) is 0 Å². The molecule has 4 aromatic rings. The first-order valence-corrected chi connectivity index (χ1v) is 9.43. The minimum atomic E-state index is 0.533. The average molecular weight is 357 g/mol. The minimum absolute atomic E-state index is 0.533. The van der Waals surface area contributed by atoms with Gasteiger partial charge in [0.15, 0.2) is 5.58 Å². The van der Waals surface area contributed by atoms with Gasteiger partial charge in [-0.05, 0) is 37.1 Å². The summed E-state index contributed by atoms with van der Waals surface area (Å²) in [6.45, 7) is 4.26. The molecule has 0 aliphatic carbocycles. The van der Waals surface area contributed by atoms with Crippen LogP contribution >= 0.6 is 23.1 Å². The molecule has 0 fully saturated rings. The van der Waals surface area contributed by atoms with E-state index in [0.29, 0.717) is 22.8 Å². The van der Waals surface area contributed by atoms with Crippen LogP contribution in [0.3, 0.4) is 0 Å². The zero-order valence-electron chi connectivity index (χ0n) is 13.3. The molecule has 0 saturated heterocycles. The Labute approximate surface area is 147 Å². The number of fused-ring (bicyclic) bond motifs is 1. The molecule has 7 heteroatoms. The number of benzene rings is 1. The summed E-state index contributed by atoms with van der Waals surface area (Å²) in [7, 11) is 0. The van der Waals surface area contributed by atoms with E-state index in [1.165, 1.54) is 22.2 Å². The van der Waals surface area contributed by atoms with E-state index < -0.39 is 0 Å². The van der Waals surface area contributed by atoms with Crippen LogP contribution in [0.25, 0.3) is 21.9 Å². The molecule has 0 aliphatic heterocycles. The zero-order chi connectivity index (χ0) is 16.5. The number of thiophene rings is 1. The van der Waals surface area contributed by atoms with E-state index in [9.17, 15) is 0 Å². The lowest BCUT2D eigenvalue weighted by molar-refractivity contribution is 0.486. The van der Waals surface area contributed by atoms with Crippen molar-refractivity contribution in [1.29, 1.82) is 0 Å². The number of nitrogens with zero attached hydrogens (tertiary/aromatic N) is 3. The van der Waals surface area contributed by atoms with Crippen LogP contribution in [0.15, 0.2) is 44.4 Å². The van der Waals surface area contributed by atoms with E-state index in [4.69, 9.17) is 8.83 Å². The van der Waals surface area contributed by atoms with Crippen LogP contribution in [0.4, 0.5) is 0 Å². The van der Waals surface area contributed by atoms with Crippen LogP contribution in [0.1, 0.15) is 23.3 Å². The first kappa shape index (κ1) is 15.4. The molecule has 122 valence electrons. The second kappa shape index (κ2) is 6.41. The van der Waals surface area contributed by atoms with Crippen molar-refractivity contribution in [3.05, 3.63) is 46.7 Å². The summed E-state index contributed by atoms with van der Waals surface area (Å²) < 4.78 is 11.5. The first-order valence-electron chi connectivity index (χ1n) is 7.63. The number of aryl methyl sites for hydroxylation is 2. The number of hydrogen-bond acceptors (Lipinski definition) is 7. The van der Waals surface area contributed by atoms with Gasteiger partial charge in [0.1, 0.15) is 5.52 Å². The van der Waals surface area contributed by atoms with Crippen LogP contribution in [-0.2, 0) is 12.2 Å². The molecule has 0 aliphatic rings. The Morgan fingerprint density at radius 1 is 1.17 bits per heavy atom. The van der Waals surface area contributed by atoms with Crippen LogP contribution < -0.4 is 0 Å². The maximum Gasteiger partial charge on any atom is 0.257 e. The highest BCUT2D eigenvalue weighted by Gasteiger charge is 2.14. The van der Waals surface area contributed by atoms with Gasteiger partial charge >= 0.3 is 0 Å². The van der Waals surface area contributed by atoms with Crippen molar-refractivity contribution < 1.29 is 8.83 Å². The van der Waals surface area contributed by atoms with E-state index in [2.05, 4.69) is 35.1 Å². The van der Waals surface area contributed by atoms with Crippen LogP contribution in [0.2, 0.25) is 0 Å². The molecule has 0 bridgehead atoms. The van der Waals surface area contributed by atoms with Crippen molar-refractivity contribution in [2.45, 2.75) is 31.2 Å². The summed E-state index contributed by atoms with van der Waals surface area (Å²) >= 11 is 3.16. The molecule has 5 nitrogen and oxygen atoms in total. The molecule has 1 aromatic carbocycles. The maximum atomic E-state index is 5.78. The number of aromatic nitrogens is 3. The highest BCUT2D eigenvalue weighted by molar-refractivity contribution is 7.98. The van der Waals surface area contributed by atoms with Crippen LogP contribution in [-0.4, -0.2) is 15.2 Å². The lowest BCUT2D eigenvalue weighted by atomic mass is 10.2. The topological polar surface area (TPSA) is 65.0 Å². The van der Waals surface area contributed by atoms with Crippen LogP contribution in [0.5, 0.6) is 0 Å². The van der Waals surface area contributed by atoms with Gasteiger partial charge in [0, 0.05) is 4.88 Å². The van der Waals surface area contributed by atoms with Crippen molar-refractivity contribution in [2.75, 3.05) is 0 Å². The van der Waals surface area contributed by atoms with Gasteiger partial charge in [-0.15, -0.1) is 21.5 Å². The second-order valence-electron chi connectivity index (χ2n) is 5.31. The van der Waals surface area contributed by atoms with E-state index in [-0.39, 0.29) is 0 Å². The molecule has 24 heavy (non-hydrogen) atoms. The molecule has 0 N–H and O–H groups in total. The lowest BCUT2D eigenvalue weighted by Gasteiger charge is -1.91. The van der Waals surface area contributed by atoms with E-state index in [1.807, 2.05) is 24.3 Å². The fourth-order valence-electron chi connectivity index (χ4n) is 2.42. The lowest BCUT2D eigenvalue weighted by Crippen LogP contribution is -1.80. The molecule has 0 amide bonds. The quantitative estimate of drug-likeness (QED) is 0.463. The highest BCUT2D eigenvalue weighted by Crippen LogP contribution is 2.32. The van der Waals surface area contributed by atoms with Gasteiger partial charge in [-0.3, -0.25) is 0 Å². The normalized spacial score (nSPS) is 11.4. The van der Waals surface area contributed by atoms with Gasteiger partial charge in [0.2, 0.25) is 5.89 Å². The molecule has 4 rings (SSSR count). The highest BCUT2D eigenvalue weighted by atomic mass is 32.2. The summed E-state index contributed by atoms with van der Waals surface area (Å²) in [5.41, 5.74) is 2.91. The number of rotatable bonds is 5. The number of hydrogen-bond donors (Lipinski definition) is 0. The predicted octanol–water partition coefficient (Wildman–Crippen LogP) is 5.10. The Morgan fingerprint density at radius 3 is 2.83 bits per heavy atom. The third-order valence-electron chi connectivity index (χ3n) is 3.61. The third-order valence-corrected chi connectivity index (χ3v) is 5.80. The van der Waals surface area contributed by atoms with Crippen molar-refractivity contribution in [3.8, 4) is 10.8 Å². The average Bonchev–Trinajstić information content (AvgIpc) is 3.30. The standard InChI is InChI=1S/C17H15N3O2S2/c1-3-13-10(2)8-14(24-13)16-20-19-15(22-16)9-23-17-18-11-6-4-5-7-12(11)21-17/h4-8H,3,9H2,1-2H3. The van der Waals surface area contributed by atoms with Gasteiger partial charge in [-0.2, -0.15) is 0 Å². The monoisotopic (exact) mass is 357 g/mol. The first-order chi connectivity index (χ1) is 11.7. The van der Waals surface area contributed by atoms with E-state index in [0.717, 1.165) is 22.4 Å². The summed E-state index contributed by atoms with van der Waals surface area (Å²) in [5.74, 6) is 1.68. The van der Waals surface area contributed by atoms with Gasteiger partial charge < -0.3 is 8.83 Å². The Kier molecular flexibility index (Phi) is 4.12. The zero-order valence-corrected chi connectivity index (χ0v) is 14.9. The van der Waals surface area contributed by atoms with Crippen molar-refractivity contribution in [2.24, 2.45) is 0 Å². The fraction of sp³-hybridized carbons (Fsp3) is 0.235. The Hall–Kier alpha value is -2.12. The van der Waals surface area contributed by atoms with Crippen molar-refractivity contribution in [1.82, 2.24) is 15.2 Å². The van der Waals surface area contributed by atoms with Gasteiger partial charge in [-0.1, -0.05) is 30.8 Å². The van der Waals surface area contributed by atoms with Crippen molar-refractivity contribution >= 4 is 34.2 Å². The van der Waals surface area contributed by atoms with Gasteiger partial charge in [0.25, 0.3) is 11.1 Å². The minimum Gasteiger partial charge on any atom is -0.431 e. The Balaban J connectivity index is 1.48. The molecule has 3 aromatic heterocycles. The summed E-state index contributed by atoms with van der Waals surface area (Å²) in [6, 6.07) is 9.81. The Morgan fingerprint density at radius 2 is 2.04 bits per heavy atom. The molecular formula is C17H15N3O2S2. The van der Waals surface area contributed by atoms with Crippen LogP contribution in [0, 0.1) is 6.92 Å². The summed E-state index contributed by atoms with van der Waals surface area (Å²) in [5, 5.41) is 8.89. The predicted molar refractivity (Wildman–Crippen MR) is 95.3 cm³/mol. The second-order valence-corrected chi connectivity index (χ2v) is 7.37. The molecule has 0 radical (unpaired) electrons. The smallest absolute Gasteiger partial charge is 0.257 e. The Bertz CT molecular complexity index is 954. The SMILES string of the molecule is CCc1sc(-c2nnc(CSc3nc4ccccc4o3)o2)cc1C.